The number of nitrogens with zero attached hydrogens (tertiary/aromatic N) is 3. The number of halogens is 3. The quantitative estimate of drug-likeness (QED) is 0.398. The second kappa shape index (κ2) is 8.31. The molecule has 4 aromatic rings. The first-order valence-corrected chi connectivity index (χ1v) is 10.7. The lowest BCUT2D eigenvalue weighted by Crippen LogP contribution is -2.57. The van der Waals surface area contributed by atoms with Crippen molar-refractivity contribution < 1.29 is 27.8 Å². The van der Waals surface area contributed by atoms with Crippen LogP contribution < -0.4 is 9.80 Å². The number of methoxy groups -OCH3 is 1. The minimum Gasteiger partial charge on any atom is -0.478 e. The van der Waals surface area contributed by atoms with Gasteiger partial charge in [0.05, 0.1) is 29.6 Å². The van der Waals surface area contributed by atoms with Crippen molar-refractivity contribution in [2.24, 2.45) is 0 Å². The zero-order valence-corrected chi connectivity index (χ0v) is 18.8. The molecule has 1 aromatic heterocycles. The molecule has 0 saturated carbocycles. The molecule has 35 heavy (non-hydrogen) atoms. The standard InChI is InChI=1S/C25H21F3N4O3/c1-25(13-35-2)12-31(16-5-3-14(4-6-16)24(33)34)23-20(9-15-11-29-30-22(15)21(23)28)32(25)17-7-8-18(26)19(27)10-17/h3-11H,12-13H2,1-2H3,(H,29,30)(H,33,34)/t25-/m1/s1. The van der Waals surface area contributed by atoms with E-state index in [-0.39, 0.29) is 29.9 Å². The number of aromatic amines is 1. The molecule has 0 bridgehead atoms. The number of ether oxygens (including phenoxy) is 1. The normalized spacial score (nSPS) is 17.6. The number of anilines is 4. The van der Waals surface area contributed by atoms with E-state index < -0.39 is 29.0 Å². The minimum absolute atomic E-state index is 0.0959. The van der Waals surface area contributed by atoms with Crippen LogP contribution in [0.25, 0.3) is 10.9 Å². The monoisotopic (exact) mass is 482 g/mol. The van der Waals surface area contributed by atoms with Gasteiger partial charge in [0.2, 0.25) is 0 Å². The Balaban J connectivity index is 1.79. The molecule has 2 heterocycles. The number of aromatic nitrogens is 2. The highest BCUT2D eigenvalue weighted by atomic mass is 19.2. The second-order valence-corrected chi connectivity index (χ2v) is 8.69. The van der Waals surface area contributed by atoms with E-state index in [1.54, 1.807) is 28.0 Å². The van der Waals surface area contributed by atoms with Crippen LogP contribution in [-0.4, -0.2) is 47.1 Å². The van der Waals surface area contributed by atoms with Crippen molar-refractivity contribution in [1.29, 1.82) is 0 Å². The zero-order chi connectivity index (χ0) is 24.9. The van der Waals surface area contributed by atoms with Gasteiger partial charge >= 0.3 is 5.97 Å². The van der Waals surface area contributed by atoms with Gasteiger partial charge < -0.3 is 19.6 Å². The van der Waals surface area contributed by atoms with Crippen LogP contribution in [0, 0.1) is 17.5 Å². The number of fused-ring (bicyclic) bond motifs is 2. The summed E-state index contributed by atoms with van der Waals surface area (Å²) in [6.07, 6.45) is 1.48. The molecule has 3 aromatic carbocycles. The maximum atomic E-state index is 16.0. The molecule has 0 aliphatic carbocycles. The van der Waals surface area contributed by atoms with E-state index in [2.05, 4.69) is 10.2 Å². The summed E-state index contributed by atoms with van der Waals surface area (Å²) >= 11 is 0. The molecule has 0 saturated heterocycles. The first kappa shape index (κ1) is 22.7. The summed E-state index contributed by atoms with van der Waals surface area (Å²) in [6, 6.07) is 11.4. The molecule has 0 spiro atoms. The third-order valence-electron chi connectivity index (χ3n) is 6.22. The Morgan fingerprint density at radius 1 is 1.11 bits per heavy atom. The predicted octanol–water partition coefficient (Wildman–Crippen LogP) is 5.37. The summed E-state index contributed by atoms with van der Waals surface area (Å²) in [4.78, 5) is 14.8. The van der Waals surface area contributed by atoms with E-state index in [1.807, 2.05) is 6.92 Å². The van der Waals surface area contributed by atoms with Gasteiger partial charge in [-0.1, -0.05) is 0 Å². The van der Waals surface area contributed by atoms with Gasteiger partial charge in [0.25, 0.3) is 0 Å². The van der Waals surface area contributed by atoms with Crippen molar-refractivity contribution in [2.45, 2.75) is 12.5 Å². The molecule has 180 valence electrons. The molecule has 1 atom stereocenters. The lowest BCUT2D eigenvalue weighted by molar-refractivity contribution is 0.0697. The molecule has 7 nitrogen and oxygen atoms in total. The van der Waals surface area contributed by atoms with E-state index in [0.717, 1.165) is 12.1 Å². The number of carboxylic acids is 1. The van der Waals surface area contributed by atoms with Crippen molar-refractivity contribution in [3.63, 3.8) is 0 Å². The first-order chi connectivity index (χ1) is 16.7. The van der Waals surface area contributed by atoms with Crippen molar-refractivity contribution >= 4 is 39.6 Å². The summed E-state index contributed by atoms with van der Waals surface area (Å²) in [5, 5.41) is 16.4. The van der Waals surface area contributed by atoms with Gasteiger partial charge in [-0.05, 0) is 49.4 Å². The van der Waals surface area contributed by atoms with Crippen LogP contribution in [0.15, 0.2) is 54.7 Å². The number of carbonyl (C=O) groups is 1. The Morgan fingerprint density at radius 2 is 1.83 bits per heavy atom. The van der Waals surface area contributed by atoms with Crippen LogP contribution in [0.2, 0.25) is 0 Å². The van der Waals surface area contributed by atoms with Crippen LogP contribution in [0.3, 0.4) is 0 Å². The molecule has 0 fully saturated rings. The smallest absolute Gasteiger partial charge is 0.335 e. The van der Waals surface area contributed by atoms with Crippen LogP contribution in [0.4, 0.5) is 35.9 Å². The first-order valence-electron chi connectivity index (χ1n) is 10.7. The lowest BCUT2D eigenvalue weighted by Gasteiger charge is -2.51. The van der Waals surface area contributed by atoms with Gasteiger partial charge in [-0.15, -0.1) is 0 Å². The molecule has 1 aliphatic rings. The fourth-order valence-electron chi connectivity index (χ4n) is 4.74. The maximum absolute atomic E-state index is 16.0. The number of rotatable bonds is 5. The fraction of sp³-hybridized carbons (Fsp3) is 0.200. The van der Waals surface area contributed by atoms with Crippen molar-refractivity contribution in [3.8, 4) is 0 Å². The van der Waals surface area contributed by atoms with Crippen LogP contribution in [-0.2, 0) is 4.74 Å². The number of H-pyrrole nitrogens is 1. The Bertz CT molecular complexity index is 1440. The summed E-state index contributed by atoms with van der Waals surface area (Å²) < 4.78 is 49.6. The number of nitrogens with one attached hydrogen (secondary N) is 1. The Hall–Kier alpha value is -4.05. The zero-order valence-electron chi connectivity index (χ0n) is 18.8. The molecule has 5 rings (SSSR count). The fourth-order valence-corrected chi connectivity index (χ4v) is 4.74. The Kier molecular flexibility index (Phi) is 5.40. The van der Waals surface area contributed by atoms with Gasteiger partial charge in [-0.3, -0.25) is 5.10 Å². The average molecular weight is 482 g/mol. The third kappa shape index (κ3) is 3.66. The van der Waals surface area contributed by atoms with E-state index in [4.69, 9.17) is 4.74 Å². The summed E-state index contributed by atoms with van der Waals surface area (Å²) in [5.74, 6) is -3.67. The van der Waals surface area contributed by atoms with Gasteiger partial charge in [-0.2, -0.15) is 5.10 Å². The van der Waals surface area contributed by atoms with Crippen molar-refractivity contribution in [2.75, 3.05) is 30.1 Å². The van der Waals surface area contributed by atoms with Crippen molar-refractivity contribution in [1.82, 2.24) is 10.2 Å². The van der Waals surface area contributed by atoms with Gasteiger partial charge in [0.15, 0.2) is 17.5 Å². The molecular formula is C25H21F3N4O3. The average Bonchev–Trinajstić information content (AvgIpc) is 3.30. The van der Waals surface area contributed by atoms with Gasteiger partial charge in [0.1, 0.15) is 11.2 Å². The lowest BCUT2D eigenvalue weighted by atomic mass is 9.92. The maximum Gasteiger partial charge on any atom is 0.335 e. The molecule has 0 amide bonds. The number of aromatic carboxylic acids is 1. The van der Waals surface area contributed by atoms with Gasteiger partial charge in [-0.25, -0.2) is 18.0 Å². The van der Waals surface area contributed by atoms with E-state index in [1.165, 1.54) is 31.5 Å². The van der Waals surface area contributed by atoms with E-state index in [9.17, 15) is 18.7 Å². The molecular weight excluding hydrogens is 461 g/mol. The number of hydrogen-bond donors (Lipinski definition) is 2. The SMILES string of the molecule is COC[C@@]1(C)CN(c2ccc(C(=O)O)cc2)c2c(cc3cn[nH]c3c2F)N1c1ccc(F)c(F)c1. The highest BCUT2D eigenvalue weighted by Crippen LogP contribution is 2.50. The molecule has 0 radical (unpaired) electrons. The topological polar surface area (TPSA) is 81.7 Å². The molecule has 0 unspecified atom stereocenters. The van der Waals surface area contributed by atoms with Gasteiger partial charge in [0, 0.05) is 36.5 Å². The summed E-state index contributed by atoms with van der Waals surface area (Å²) in [7, 11) is 1.52. The Morgan fingerprint density at radius 3 is 2.49 bits per heavy atom. The largest absolute Gasteiger partial charge is 0.478 e. The summed E-state index contributed by atoms with van der Waals surface area (Å²) in [5.41, 5.74) is 0.893. The van der Waals surface area contributed by atoms with E-state index >= 15 is 4.39 Å². The number of benzene rings is 3. The third-order valence-corrected chi connectivity index (χ3v) is 6.22. The summed E-state index contributed by atoms with van der Waals surface area (Å²) in [6.45, 7) is 2.23. The number of carboxylic acid groups (broad SMARTS) is 1. The predicted molar refractivity (Wildman–Crippen MR) is 125 cm³/mol. The molecule has 10 heteroatoms. The van der Waals surface area contributed by atoms with Crippen molar-refractivity contribution in [3.05, 3.63) is 77.7 Å². The minimum atomic E-state index is -1.07. The second-order valence-electron chi connectivity index (χ2n) is 8.69. The highest BCUT2D eigenvalue weighted by Gasteiger charge is 2.44. The van der Waals surface area contributed by atoms with E-state index in [0.29, 0.717) is 22.4 Å². The van der Waals surface area contributed by atoms with Crippen LogP contribution >= 0.6 is 0 Å². The molecule has 2 N–H and O–H groups in total. The highest BCUT2D eigenvalue weighted by molar-refractivity contribution is 5.96. The number of hydrogen-bond acceptors (Lipinski definition) is 5. The van der Waals surface area contributed by atoms with Crippen LogP contribution in [0.1, 0.15) is 17.3 Å². The van der Waals surface area contributed by atoms with Crippen LogP contribution in [0.5, 0.6) is 0 Å². The Labute approximate surface area is 198 Å². The molecule has 1 aliphatic heterocycles.